The van der Waals surface area contributed by atoms with Crippen LogP contribution in [0.2, 0.25) is 0 Å². The highest BCUT2D eigenvalue weighted by molar-refractivity contribution is 5.91. The van der Waals surface area contributed by atoms with Crippen LogP contribution in [0.15, 0.2) is 84.9 Å². The van der Waals surface area contributed by atoms with E-state index in [2.05, 4.69) is 29.8 Å². The van der Waals surface area contributed by atoms with Gasteiger partial charge in [0.15, 0.2) is 0 Å². The topological polar surface area (TPSA) is 56.1 Å². The van der Waals surface area contributed by atoms with Gasteiger partial charge in [-0.05, 0) is 41.3 Å². The zero-order valence-electron chi connectivity index (χ0n) is 19.1. The van der Waals surface area contributed by atoms with Gasteiger partial charge in [0, 0.05) is 6.08 Å². The Morgan fingerprint density at radius 2 is 1.73 bits per heavy atom. The predicted molar refractivity (Wildman–Crippen MR) is 133 cm³/mol. The third kappa shape index (κ3) is 5.69. The van der Waals surface area contributed by atoms with Crippen LogP contribution in [-0.2, 0) is 17.9 Å². The maximum Gasteiger partial charge on any atom is 0.244 e. The number of fused-ring (bicyclic) bond motifs is 1. The number of rotatable bonds is 9. The fourth-order valence-electron chi connectivity index (χ4n) is 3.81. The van der Waals surface area contributed by atoms with Crippen molar-refractivity contribution in [3.05, 3.63) is 102 Å². The number of para-hydroxylation sites is 3. The summed E-state index contributed by atoms with van der Waals surface area (Å²) in [6.07, 6.45) is 3.35. The monoisotopic (exact) mass is 439 g/mol. The van der Waals surface area contributed by atoms with E-state index < -0.39 is 0 Å². The van der Waals surface area contributed by atoms with Crippen molar-refractivity contribution in [1.82, 2.24) is 14.9 Å². The van der Waals surface area contributed by atoms with Gasteiger partial charge in [0.2, 0.25) is 5.91 Å². The van der Waals surface area contributed by atoms with Gasteiger partial charge in [-0.3, -0.25) is 4.79 Å². The minimum Gasteiger partial charge on any atom is -0.491 e. The smallest absolute Gasteiger partial charge is 0.244 e. The maximum absolute atomic E-state index is 12.4. The Morgan fingerprint density at radius 3 is 2.55 bits per heavy atom. The van der Waals surface area contributed by atoms with E-state index in [1.54, 1.807) is 12.2 Å². The second-order valence-electron chi connectivity index (χ2n) is 8.17. The number of carbonyl (C=O) groups excluding carboxylic acids is 1. The molecule has 0 saturated carbocycles. The van der Waals surface area contributed by atoms with Crippen LogP contribution in [0.1, 0.15) is 36.7 Å². The molecule has 5 heteroatoms. The molecule has 0 saturated heterocycles. The van der Waals surface area contributed by atoms with Crippen molar-refractivity contribution in [2.45, 2.75) is 32.9 Å². The number of benzene rings is 3. The van der Waals surface area contributed by atoms with Gasteiger partial charge in [-0.25, -0.2) is 4.98 Å². The van der Waals surface area contributed by atoms with Crippen LogP contribution in [0.25, 0.3) is 17.1 Å². The van der Waals surface area contributed by atoms with Gasteiger partial charge >= 0.3 is 0 Å². The molecule has 0 fully saturated rings. The van der Waals surface area contributed by atoms with Crippen LogP contribution in [0, 0.1) is 0 Å². The highest BCUT2D eigenvalue weighted by Crippen LogP contribution is 2.26. The van der Waals surface area contributed by atoms with E-state index >= 15 is 0 Å². The molecular weight excluding hydrogens is 410 g/mol. The Labute approximate surface area is 194 Å². The van der Waals surface area contributed by atoms with Crippen LogP contribution >= 0.6 is 0 Å². The third-order valence-corrected chi connectivity index (χ3v) is 5.49. The Bertz CT molecular complexity index is 1240. The molecule has 4 aromatic rings. The molecule has 1 amide bonds. The zero-order valence-corrected chi connectivity index (χ0v) is 19.1. The van der Waals surface area contributed by atoms with Crippen molar-refractivity contribution in [2.24, 2.45) is 0 Å². The zero-order chi connectivity index (χ0) is 23.0. The lowest BCUT2D eigenvalue weighted by Gasteiger charge is -2.15. The molecular formula is C28H29N3O2. The summed E-state index contributed by atoms with van der Waals surface area (Å²) < 4.78 is 8.26. The van der Waals surface area contributed by atoms with E-state index in [1.807, 2.05) is 72.8 Å². The van der Waals surface area contributed by atoms with Crippen LogP contribution in [-0.4, -0.2) is 22.1 Å². The van der Waals surface area contributed by atoms with Crippen LogP contribution < -0.4 is 10.1 Å². The summed E-state index contributed by atoms with van der Waals surface area (Å²) in [5, 5.41) is 2.95. The molecule has 3 aromatic carbocycles. The van der Waals surface area contributed by atoms with Crippen LogP contribution in [0.5, 0.6) is 5.75 Å². The molecule has 1 heterocycles. The van der Waals surface area contributed by atoms with Crippen molar-refractivity contribution >= 4 is 23.0 Å². The van der Waals surface area contributed by atoms with Crippen molar-refractivity contribution in [3.8, 4) is 5.75 Å². The fourth-order valence-corrected chi connectivity index (χ4v) is 3.81. The third-order valence-electron chi connectivity index (χ3n) is 5.49. The van der Waals surface area contributed by atoms with Gasteiger partial charge in [-0.15, -0.1) is 0 Å². The average Bonchev–Trinajstić information content (AvgIpc) is 3.20. The Hall–Kier alpha value is -3.86. The predicted octanol–water partition coefficient (Wildman–Crippen LogP) is 5.57. The largest absolute Gasteiger partial charge is 0.491 e. The molecule has 0 unspecified atom stereocenters. The summed E-state index contributed by atoms with van der Waals surface area (Å²) in [5.74, 6) is 1.96. The summed E-state index contributed by atoms with van der Waals surface area (Å²) in [6.45, 7) is 5.82. The van der Waals surface area contributed by atoms with E-state index in [0.717, 1.165) is 28.2 Å². The summed E-state index contributed by atoms with van der Waals surface area (Å²) >= 11 is 0. The first-order valence-corrected chi connectivity index (χ1v) is 11.3. The second-order valence-corrected chi connectivity index (χ2v) is 8.17. The molecule has 0 atom stereocenters. The first-order valence-electron chi connectivity index (χ1n) is 11.3. The van der Waals surface area contributed by atoms with E-state index in [0.29, 0.717) is 25.6 Å². The fraction of sp³-hybridized carbons (Fsp3) is 0.214. The Kier molecular flexibility index (Phi) is 7.20. The van der Waals surface area contributed by atoms with Gasteiger partial charge in [-0.1, -0.05) is 74.5 Å². The molecule has 0 aliphatic carbocycles. The lowest BCUT2D eigenvalue weighted by Crippen LogP contribution is -2.23. The van der Waals surface area contributed by atoms with E-state index in [-0.39, 0.29) is 5.91 Å². The first kappa shape index (κ1) is 22.3. The average molecular weight is 440 g/mol. The van der Waals surface area contributed by atoms with Crippen molar-refractivity contribution < 1.29 is 9.53 Å². The molecule has 1 N–H and O–H groups in total. The lowest BCUT2D eigenvalue weighted by molar-refractivity contribution is -0.116. The molecule has 5 nitrogen and oxygen atoms in total. The Morgan fingerprint density at radius 1 is 1.00 bits per heavy atom. The number of hydrogen-bond donors (Lipinski definition) is 1. The number of aromatic nitrogens is 2. The number of amides is 1. The summed E-state index contributed by atoms with van der Waals surface area (Å²) in [7, 11) is 0. The number of ether oxygens (including phenoxy) is 1. The quantitative estimate of drug-likeness (QED) is 0.347. The van der Waals surface area contributed by atoms with Gasteiger partial charge in [-0.2, -0.15) is 0 Å². The minimum atomic E-state index is -0.153. The van der Waals surface area contributed by atoms with E-state index in [9.17, 15) is 4.79 Å². The number of nitrogens with zero attached hydrogens (tertiary/aromatic N) is 2. The number of hydrogen-bond acceptors (Lipinski definition) is 3. The molecule has 4 rings (SSSR count). The van der Waals surface area contributed by atoms with E-state index in [1.165, 1.54) is 5.56 Å². The Balaban J connectivity index is 1.44. The van der Waals surface area contributed by atoms with Gasteiger partial charge in [0.25, 0.3) is 0 Å². The van der Waals surface area contributed by atoms with Crippen molar-refractivity contribution in [1.29, 1.82) is 0 Å². The number of carbonyl (C=O) groups is 1. The summed E-state index contributed by atoms with van der Waals surface area (Å²) in [6, 6.07) is 25.9. The molecule has 1 aromatic heterocycles. The van der Waals surface area contributed by atoms with Crippen LogP contribution in [0.3, 0.4) is 0 Å². The molecule has 0 spiro atoms. The van der Waals surface area contributed by atoms with E-state index in [4.69, 9.17) is 9.72 Å². The number of imidazole rings is 1. The molecule has 168 valence electrons. The first-order chi connectivity index (χ1) is 16.1. The second kappa shape index (κ2) is 10.6. The summed E-state index contributed by atoms with van der Waals surface area (Å²) in [4.78, 5) is 17.1. The molecule has 0 aliphatic rings. The van der Waals surface area contributed by atoms with Crippen LogP contribution in [0.4, 0.5) is 0 Å². The molecule has 0 aliphatic heterocycles. The van der Waals surface area contributed by atoms with Crippen molar-refractivity contribution in [2.75, 3.05) is 6.61 Å². The van der Waals surface area contributed by atoms with Gasteiger partial charge in [0.05, 0.1) is 24.1 Å². The normalized spacial score (nSPS) is 11.4. The highest BCUT2D eigenvalue weighted by atomic mass is 16.5. The minimum absolute atomic E-state index is 0.153. The summed E-state index contributed by atoms with van der Waals surface area (Å²) in [5.41, 5.74) is 4.12. The highest BCUT2D eigenvalue weighted by Gasteiger charge is 2.12. The lowest BCUT2D eigenvalue weighted by atomic mass is 10.0. The molecule has 33 heavy (non-hydrogen) atoms. The standard InChI is InChI=1S/C28H29N3O2/c1-21(2)23-12-6-9-15-26(23)33-19-18-31-25-14-8-7-13-24(25)30-27(31)20-29-28(32)17-16-22-10-4-3-5-11-22/h3-17,21H,18-20H2,1-2H3,(H,29,32)/b17-16-. The van der Waals surface area contributed by atoms with Gasteiger partial charge < -0.3 is 14.6 Å². The number of nitrogens with one attached hydrogen (secondary N) is 1. The van der Waals surface area contributed by atoms with Crippen molar-refractivity contribution in [3.63, 3.8) is 0 Å². The maximum atomic E-state index is 12.4. The van der Waals surface area contributed by atoms with Gasteiger partial charge in [0.1, 0.15) is 18.2 Å². The molecule has 0 bridgehead atoms. The SMILES string of the molecule is CC(C)c1ccccc1OCCn1c(CNC(=O)/C=C\c2ccccc2)nc2ccccc21. The molecule has 0 radical (unpaired) electrons.